The van der Waals surface area contributed by atoms with Gasteiger partial charge in [0.05, 0.1) is 12.7 Å². The van der Waals surface area contributed by atoms with Crippen molar-refractivity contribution >= 4 is 28.6 Å². The summed E-state index contributed by atoms with van der Waals surface area (Å²) in [5.74, 6) is 1.93. The van der Waals surface area contributed by atoms with Gasteiger partial charge in [-0.25, -0.2) is 19.9 Å². The van der Waals surface area contributed by atoms with E-state index in [2.05, 4.69) is 25.6 Å². The number of hydrogen-bond acceptors (Lipinski definition) is 8. The summed E-state index contributed by atoms with van der Waals surface area (Å²) in [7, 11) is 1.61. The van der Waals surface area contributed by atoms with E-state index in [4.69, 9.17) is 15.5 Å². The third-order valence-corrected chi connectivity index (χ3v) is 5.45. The van der Waals surface area contributed by atoms with Crippen LogP contribution in [0.25, 0.3) is 10.9 Å². The summed E-state index contributed by atoms with van der Waals surface area (Å²) in [5.41, 5.74) is 6.28. The van der Waals surface area contributed by atoms with Gasteiger partial charge in [-0.05, 0) is 49.8 Å². The minimum atomic E-state index is -0.525. The van der Waals surface area contributed by atoms with Gasteiger partial charge in [0.2, 0.25) is 11.8 Å². The van der Waals surface area contributed by atoms with E-state index in [0.29, 0.717) is 29.4 Å². The number of nitrogens with one attached hydrogen (secondary N) is 2. The summed E-state index contributed by atoms with van der Waals surface area (Å²) >= 11 is 0. The van der Waals surface area contributed by atoms with Crippen molar-refractivity contribution in [3.05, 3.63) is 42.4 Å². The lowest BCUT2D eigenvalue weighted by Crippen LogP contribution is -2.29. The first-order chi connectivity index (χ1) is 14.6. The quantitative estimate of drug-likeness (QED) is 0.545. The molecule has 0 unspecified atom stereocenters. The van der Waals surface area contributed by atoms with Gasteiger partial charge in [0.25, 0.3) is 5.91 Å². The van der Waals surface area contributed by atoms with Crippen LogP contribution in [-0.2, 0) is 0 Å². The van der Waals surface area contributed by atoms with Crippen molar-refractivity contribution in [3.8, 4) is 5.88 Å². The molecule has 1 aliphatic carbocycles. The molecule has 3 heterocycles. The van der Waals surface area contributed by atoms with E-state index in [-0.39, 0.29) is 0 Å². The normalized spacial score (nSPS) is 18.7. The first-order valence-electron chi connectivity index (χ1n) is 10.0. The predicted octanol–water partition coefficient (Wildman–Crippen LogP) is 2.61. The summed E-state index contributed by atoms with van der Waals surface area (Å²) < 4.78 is 5.33. The Bertz CT molecular complexity index is 1020. The van der Waals surface area contributed by atoms with Crippen LogP contribution in [0.15, 0.2) is 36.8 Å². The highest BCUT2D eigenvalue weighted by molar-refractivity contribution is 5.92. The zero-order chi connectivity index (χ0) is 20.9. The van der Waals surface area contributed by atoms with Crippen molar-refractivity contribution in [3.63, 3.8) is 0 Å². The number of rotatable bonds is 7. The second kappa shape index (κ2) is 8.89. The van der Waals surface area contributed by atoms with Crippen molar-refractivity contribution in [2.75, 3.05) is 24.3 Å². The van der Waals surface area contributed by atoms with Gasteiger partial charge in [0, 0.05) is 36.6 Å². The van der Waals surface area contributed by atoms with E-state index in [9.17, 15) is 4.79 Å². The van der Waals surface area contributed by atoms with Crippen molar-refractivity contribution < 1.29 is 9.53 Å². The molecule has 156 valence electrons. The lowest BCUT2D eigenvalue weighted by atomic mass is 9.86. The SMILES string of the molecule is COc1nccc2ccc(N[C@H]3CC[C@H](CNc4ncc(C(N)=O)cn4)CC3)nc12. The third kappa shape index (κ3) is 4.56. The Hall–Kier alpha value is -3.49. The number of nitrogens with two attached hydrogens (primary N) is 1. The van der Waals surface area contributed by atoms with E-state index in [0.717, 1.165) is 48.9 Å². The predicted molar refractivity (Wildman–Crippen MR) is 114 cm³/mol. The van der Waals surface area contributed by atoms with Gasteiger partial charge < -0.3 is 21.1 Å². The van der Waals surface area contributed by atoms with Gasteiger partial charge in [0.1, 0.15) is 11.3 Å². The van der Waals surface area contributed by atoms with Crippen LogP contribution in [-0.4, -0.2) is 45.5 Å². The fourth-order valence-electron chi connectivity index (χ4n) is 3.75. The summed E-state index contributed by atoms with van der Waals surface area (Å²) in [6.45, 7) is 0.805. The average molecular weight is 407 g/mol. The van der Waals surface area contributed by atoms with Crippen molar-refractivity contribution in [1.82, 2.24) is 19.9 Å². The van der Waals surface area contributed by atoms with Crippen LogP contribution in [0.4, 0.5) is 11.8 Å². The Morgan fingerprint density at radius 2 is 1.90 bits per heavy atom. The largest absolute Gasteiger partial charge is 0.479 e. The lowest BCUT2D eigenvalue weighted by Gasteiger charge is -2.29. The number of amides is 1. The smallest absolute Gasteiger partial charge is 0.251 e. The molecule has 3 aromatic rings. The van der Waals surface area contributed by atoms with Gasteiger partial charge in [0.15, 0.2) is 0 Å². The average Bonchev–Trinajstić information content (AvgIpc) is 2.78. The molecule has 0 aliphatic heterocycles. The molecule has 1 amide bonds. The molecule has 4 rings (SSSR count). The maximum absolute atomic E-state index is 11.1. The van der Waals surface area contributed by atoms with E-state index in [1.54, 1.807) is 13.3 Å². The number of primary amides is 1. The number of methoxy groups -OCH3 is 1. The Morgan fingerprint density at radius 1 is 1.13 bits per heavy atom. The number of carbonyl (C=O) groups excluding carboxylic acids is 1. The molecule has 30 heavy (non-hydrogen) atoms. The third-order valence-electron chi connectivity index (χ3n) is 5.45. The van der Waals surface area contributed by atoms with Crippen LogP contribution < -0.4 is 21.1 Å². The second-order valence-corrected chi connectivity index (χ2v) is 7.49. The molecule has 4 N–H and O–H groups in total. The Kier molecular flexibility index (Phi) is 5.87. The van der Waals surface area contributed by atoms with Crippen molar-refractivity contribution in [2.45, 2.75) is 31.7 Å². The fourth-order valence-corrected chi connectivity index (χ4v) is 3.75. The second-order valence-electron chi connectivity index (χ2n) is 7.49. The maximum Gasteiger partial charge on any atom is 0.251 e. The molecule has 1 saturated carbocycles. The summed E-state index contributed by atoms with van der Waals surface area (Å²) in [4.78, 5) is 28.3. The topological polar surface area (TPSA) is 128 Å². The zero-order valence-corrected chi connectivity index (χ0v) is 16.8. The summed E-state index contributed by atoms with van der Waals surface area (Å²) in [5, 5.41) is 7.81. The van der Waals surface area contributed by atoms with Gasteiger partial charge in [-0.2, -0.15) is 0 Å². The summed E-state index contributed by atoms with van der Waals surface area (Å²) in [6.07, 6.45) is 8.95. The molecule has 3 aromatic heterocycles. The summed E-state index contributed by atoms with van der Waals surface area (Å²) in [6, 6.07) is 6.36. The first-order valence-corrected chi connectivity index (χ1v) is 10.0. The van der Waals surface area contributed by atoms with Gasteiger partial charge in [-0.15, -0.1) is 0 Å². The van der Waals surface area contributed by atoms with Crippen LogP contribution in [0.5, 0.6) is 5.88 Å². The number of ether oxygens (including phenoxy) is 1. The highest BCUT2D eigenvalue weighted by atomic mass is 16.5. The van der Waals surface area contributed by atoms with Crippen LogP contribution in [0.1, 0.15) is 36.0 Å². The molecule has 1 aliphatic rings. The molecule has 0 radical (unpaired) electrons. The molecule has 0 aromatic carbocycles. The van der Waals surface area contributed by atoms with Crippen molar-refractivity contribution in [1.29, 1.82) is 0 Å². The number of fused-ring (bicyclic) bond motifs is 1. The molecule has 0 spiro atoms. The standard InChI is InChI=1S/C21H25N7O2/c1-30-20-18-14(8-9-23-20)4-7-17(28-18)27-16-5-2-13(3-6-16)10-24-21-25-11-15(12-26-21)19(22)29/h4,7-9,11-13,16H,2-3,5-6,10H2,1H3,(H2,22,29)(H,27,28)(H,24,25,26)/t13-,16-. The fraction of sp³-hybridized carbons (Fsp3) is 0.381. The molecule has 9 nitrogen and oxygen atoms in total. The Morgan fingerprint density at radius 3 is 2.60 bits per heavy atom. The Balaban J connectivity index is 1.28. The number of aromatic nitrogens is 4. The van der Waals surface area contributed by atoms with E-state index >= 15 is 0 Å². The van der Waals surface area contributed by atoms with Crippen LogP contribution in [0.2, 0.25) is 0 Å². The minimum Gasteiger partial charge on any atom is -0.479 e. The van der Waals surface area contributed by atoms with Gasteiger partial charge in [-0.3, -0.25) is 4.79 Å². The van der Waals surface area contributed by atoms with Crippen LogP contribution >= 0.6 is 0 Å². The van der Waals surface area contributed by atoms with Crippen molar-refractivity contribution in [2.24, 2.45) is 11.7 Å². The van der Waals surface area contributed by atoms with E-state index in [1.807, 2.05) is 18.2 Å². The number of pyridine rings is 2. The molecular formula is C21H25N7O2. The molecule has 0 atom stereocenters. The number of carbonyl (C=O) groups is 1. The molecule has 0 bridgehead atoms. The number of nitrogens with zero attached hydrogens (tertiary/aromatic N) is 4. The highest BCUT2D eigenvalue weighted by Gasteiger charge is 2.21. The van der Waals surface area contributed by atoms with E-state index in [1.165, 1.54) is 12.4 Å². The van der Waals surface area contributed by atoms with Crippen LogP contribution in [0, 0.1) is 5.92 Å². The van der Waals surface area contributed by atoms with Gasteiger partial charge >= 0.3 is 0 Å². The molecular weight excluding hydrogens is 382 g/mol. The first kappa shape index (κ1) is 19.8. The Labute approximate surface area is 174 Å². The van der Waals surface area contributed by atoms with Gasteiger partial charge in [-0.1, -0.05) is 0 Å². The van der Waals surface area contributed by atoms with E-state index < -0.39 is 5.91 Å². The maximum atomic E-state index is 11.1. The number of anilines is 2. The highest BCUT2D eigenvalue weighted by Crippen LogP contribution is 2.28. The molecule has 9 heteroatoms. The monoisotopic (exact) mass is 407 g/mol. The lowest BCUT2D eigenvalue weighted by molar-refractivity contribution is 0.0999. The molecule has 1 fully saturated rings. The van der Waals surface area contributed by atoms with Crippen LogP contribution in [0.3, 0.4) is 0 Å². The number of hydrogen-bond donors (Lipinski definition) is 3. The zero-order valence-electron chi connectivity index (χ0n) is 16.8. The minimum absolute atomic E-state index is 0.308. The molecule has 0 saturated heterocycles.